The molecule has 0 bridgehead atoms. The van der Waals surface area contributed by atoms with E-state index in [1.54, 1.807) is 31.3 Å². The summed E-state index contributed by atoms with van der Waals surface area (Å²) in [5, 5.41) is 20.9. The third-order valence-electron chi connectivity index (χ3n) is 4.44. The number of ether oxygens (including phenoxy) is 1. The van der Waals surface area contributed by atoms with Gasteiger partial charge in [0.1, 0.15) is 6.07 Å². The van der Waals surface area contributed by atoms with Crippen molar-refractivity contribution in [3.8, 4) is 11.8 Å². The average molecular weight is 477 g/mol. The number of rotatable bonds is 2. The van der Waals surface area contributed by atoms with Crippen LogP contribution < -0.4 is 15.0 Å². The Bertz CT molecular complexity index is 1060. The number of carbonyl (C=O) groups is 1. The summed E-state index contributed by atoms with van der Waals surface area (Å²) in [4.78, 5) is 20.1. The first kappa shape index (κ1) is 19.4. The molecule has 0 aliphatic carbocycles. The number of fused-ring (bicyclic) bond motifs is 1. The molecular formula is C18H15BrClN7O2. The molecule has 0 radical (unpaired) electrons. The lowest BCUT2D eigenvalue weighted by molar-refractivity contribution is 0.141. The van der Waals surface area contributed by atoms with Gasteiger partial charge in [0.2, 0.25) is 5.60 Å². The number of benzene rings is 1. The predicted octanol–water partition coefficient (Wildman–Crippen LogP) is 3.14. The zero-order valence-corrected chi connectivity index (χ0v) is 17.6. The molecule has 9 nitrogen and oxygen atoms in total. The van der Waals surface area contributed by atoms with E-state index in [9.17, 15) is 10.1 Å². The molecule has 2 unspecified atom stereocenters. The molecule has 0 fully saturated rings. The lowest BCUT2D eigenvalue weighted by Crippen LogP contribution is -2.55. The first-order chi connectivity index (χ1) is 13.9. The summed E-state index contributed by atoms with van der Waals surface area (Å²) in [5.74, 6) is 0.861. The molecule has 11 heteroatoms. The van der Waals surface area contributed by atoms with Crippen LogP contribution in [-0.4, -0.2) is 45.4 Å². The van der Waals surface area contributed by atoms with Crippen molar-refractivity contribution in [1.29, 1.82) is 5.26 Å². The van der Waals surface area contributed by atoms with E-state index in [1.807, 2.05) is 0 Å². The van der Waals surface area contributed by atoms with E-state index in [1.165, 1.54) is 22.1 Å². The van der Waals surface area contributed by atoms with Crippen LogP contribution in [-0.2, 0) is 0 Å². The molecule has 148 valence electrons. The molecule has 1 N–H and O–H groups in total. The number of nitrogens with one attached hydrogen (secondary N) is 1. The minimum atomic E-state index is -1.18. The maximum atomic E-state index is 13.0. The highest BCUT2D eigenvalue weighted by atomic mass is 79.9. The third-order valence-corrected chi connectivity index (χ3v) is 5.39. The van der Waals surface area contributed by atoms with Crippen molar-refractivity contribution < 1.29 is 9.53 Å². The van der Waals surface area contributed by atoms with Crippen LogP contribution in [0.25, 0.3) is 5.82 Å². The normalized spacial score (nSPS) is 23.2. The summed E-state index contributed by atoms with van der Waals surface area (Å²) in [6, 6.07) is 6.69. The number of nitriles is 1. The fraction of sp³-hybridized carbons (Fsp3) is 0.278. The summed E-state index contributed by atoms with van der Waals surface area (Å²) in [6.07, 6.45) is 4.99. The SMILES string of the molecule is CC1(C#N)CN(C(=O)NC2C=NC(n3nccn3)=C(Cl)C2)c2cccc(Br)c2O1. The summed E-state index contributed by atoms with van der Waals surface area (Å²) in [7, 11) is 0. The molecule has 2 aromatic rings. The number of nitrogens with zero attached hydrogens (tertiary/aromatic N) is 6. The van der Waals surface area contributed by atoms with Gasteiger partial charge in [-0.25, -0.2) is 9.79 Å². The number of urea groups is 1. The molecule has 3 heterocycles. The first-order valence-electron chi connectivity index (χ1n) is 8.66. The Hall–Kier alpha value is -2.90. The third kappa shape index (κ3) is 3.71. The molecule has 2 amide bonds. The van der Waals surface area contributed by atoms with Crippen LogP contribution in [0.2, 0.25) is 0 Å². The minimum Gasteiger partial charge on any atom is -0.467 e. The summed E-state index contributed by atoms with van der Waals surface area (Å²) in [5.41, 5.74) is -0.605. The van der Waals surface area contributed by atoms with Crippen LogP contribution in [0.1, 0.15) is 13.3 Å². The highest BCUT2D eigenvalue weighted by Crippen LogP contribution is 2.42. The van der Waals surface area contributed by atoms with Crippen molar-refractivity contribution in [3.05, 3.63) is 40.1 Å². The maximum Gasteiger partial charge on any atom is 0.322 e. The van der Waals surface area contributed by atoms with Crippen molar-refractivity contribution in [1.82, 2.24) is 20.3 Å². The summed E-state index contributed by atoms with van der Waals surface area (Å²) in [6.45, 7) is 1.72. The second-order valence-electron chi connectivity index (χ2n) is 6.70. The maximum absolute atomic E-state index is 13.0. The van der Waals surface area contributed by atoms with Crippen molar-refractivity contribution in [3.63, 3.8) is 0 Å². The van der Waals surface area contributed by atoms with Crippen LogP contribution in [0.15, 0.2) is 45.1 Å². The van der Waals surface area contributed by atoms with Gasteiger partial charge in [-0.15, -0.1) is 4.80 Å². The Balaban J connectivity index is 1.55. The van der Waals surface area contributed by atoms with E-state index >= 15 is 0 Å². The van der Waals surface area contributed by atoms with E-state index in [0.29, 0.717) is 33.2 Å². The monoisotopic (exact) mass is 475 g/mol. The molecule has 2 aliphatic rings. The Morgan fingerprint density at radius 3 is 2.90 bits per heavy atom. The van der Waals surface area contributed by atoms with E-state index in [0.717, 1.165) is 0 Å². The number of amides is 2. The molecule has 2 aliphatic heterocycles. The molecule has 1 aromatic carbocycles. The predicted molar refractivity (Wildman–Crippen MR) is 111 cm³/mol. The van der Waals surface area contributed by atoms with E-state index in [-0.39, 0.29) is 12.6 Å². The van der Waals surface area contributed by atoms with Gasteiger partial charge in [0.05, 0.1) is 40.2 Å². The van der Waals surface area contributed by atoms with Gasteiger partial charge in [-0.05, 0) is 35.0 Å². The molecule has 29 heavy (non-hydrogen) atoms. The van der Waals surface area contributed by atoms with Gasteiger partial charge in [0, 0.05) is 12.6 Å². The topological polar surface area (TPSA) is 108 Å². The molecule has 1 aromatic heterocycles. The van der Waals surface area contributed by atoms with Crippen LogP contribution in [0.4, 0.5) is 10.5 Å². The fourth-order valence-electron chi connectivity index (χ4n) is 3.07. The van der Waals surface area contributed by atoms with Gasteiger partial charge in [0.15, 0.2) is 11.6 Å². The number of halogens is 2. The second-order valence-corrected chi connectivity index (χ2v) is 8.01. The smallest absolute Gasteiger partial charge is 0.322 e. The largest absolute Gasteiger partial charge is 0.467 e. The molecule has 0 saturated carbocycles. The number of aromatic nitrogens is 3. The summed E-state index contributed by atoms with van der Waals surface area (Å²) < 4.78 is 6.50. The van der Waals surface area contributed by atoms with Crippen LogP contribution in [0.3, 0.4) is 0 Å². The molecular weight excluding hydrogens is 462 g/mol. The average Bonchev–Trinajstić information content (AvgIpc) is 3.23. The van der Waals surface area contributed by atoms with Crippen LogP contribution in [0.5, 0.6) is 5.75 Å². The van der Waals surface area contributed by atoms with Gasteiger partial charge in [-0.2, -0.15) is 15.5 Å². The van der Waals surface area contributed by atoms with E-state index < -0.39 is 11.6 Å². The highest BCUT2D eigenvalue weighted by Gasteiger charge is 2.40. The lowest BCUT2D eigenvalue weighted by atomic mass is 10.0. The number of anilines is 1. The molecule has 4 rings (SSSR count). The van der Waals surface area contributed by atoms with E-state index in [4.69, 9.17) is 16.3 Å². The number of aliphatic imine (C=N–C) groups is 1. The Kier molecular flexibility index (Phi) is 5.02. The number of hydrogen-bond acceptors (Lipinski definition) is 6. The Morgan fingerprint density at radius 1 is 1.45 bits per heavy atom. The molecule has 2 atom stereocenters. The van der Waals surface area contributed by atoms with Crippen molar-refractivity contribution >= 4 is 51.3 Å². The Labute approximate surface area is 179 Å². The van der Waals surface area contributed by atoms with Gasteiger partial charge >= 0.3 is 6.03 Å². The quantitative estimate of drug-likeness (QED) is 0.716. The van der Waals surface area contributed by atoms with Crippen LogP contribution in [0, 0.1) is 11.3 Å². The minimum absolute atomic E-state index is 0.0781. The lowest BCUT2D eigenvalue weighted by Gasteiger charge is -2.38. The van der Waals surface area contributed by atoms with E-state index in [2.05, 4.69) is 42.5 Å². The zero-order valence-electron chi connectivity index (χ0n) is 15.2. The second kappa shape index (κ2) is 7.50. The first-order valence-corrected chi connectivity index (χ1v) is 9.83. The van der Waals surface area contributed by atoms with Gasteiger partial charge in [-0.3, -0.25) is 4.90 Å². The highest BCUT2D eigenvalue weighted by molar-refractivity contribution is 9.10. The van der Waals surface area contributed by atoms with Gasteiger partial charge in [-0.1, -0.05) is 17.7 Å². The van der Waals surface area contributed by atoms with Crippen LogP contribution >= 0.6 is 27.5 Å². The van der Waals surface area contributed by atoms with Crippen molar-refractivity contribution in [2.45, 2.75) is 25.0 Å². The van der Waals surface area contributed by atoms with Crippen molar-refractivity contribution in [2.24, 2.45) is 4.99 Å². The number of hydrogen-bond donors (Lipinski definition) is 1. The fourth-order valence-corrected chi connectivity index (χ4v) is 3.80. The number of carbonyl (C=O) groups excluding carboxylic acids is 1. The summed E-state index contributed by atoms with van der Waals surface area (Å²) >= 11 is 9.76. The van der Waals surface area contributed by atoms with Crippen molar-refractivity contribution in [2.75, 3.05) is 11.4 Å². The van der Waals surface area contributed by atoms with Gasteiger partial charge in [0.25, 0.3) is 0 Å². The van der Waals surface area contributed by atoms with Gasteiger partial charge < -0.3 is 10.1 Å². The number of para-hydroxylation sites is 1. The molecule has 0 saturated heterocycles. The zero-order chi connectivity index (χ0) is 20.6. The Morgan fingerprint density at radius 2 is 2.21 bits per heavy atom. The standard InChI is InChI=1S/C18H15BrClN7O2/c1-18(9-21)10-26(14-4-2-3-12(19)15(14)29-18)17(28)25-11-7-13(20)16(22-8-11)27-23-5-6-24-27/h2-6,8,11H,7,10H2,1H3,(H,25,28). The molecule has 0 spiro atoms.